The Kier molecular flexibility index (Phi) is 3.33. The number of hydrogen-bond acceptors (Lipinski definition) is 4. The second kappa shape index (κ2) is 4.61. The fraction of sp³-hybridized carbons (Fsp3) is 0.692. The molecule has 1 fully saturated rings. The molecule has 94 valence electrons. The number of hydrogen-bond donors (Lipinski definition) is 1. The van der Waals surface area contributed by atoms with Gasteiger partial charge < -0.3 is 10.2 Å². The van der Waals surface area contributed by atoms with Gasteiger partial charge in [-0.3, -0.25) is 0 Å². The van der Waals surface area contributed by atoms with Gasteiger partial charge in [0.05, 0.1) is 5.69 Å². The molecule has 0 aliphatic carbocycles. The third-order valence-corrected chi connectivity index (χ3v) is 3.22. The highest BCUT2D eigenvalue weighted by atomic mass is 15.3. The number of aromatic nitrogens is 2. The van der Waals surface area contributed by atoms with Gasteiger partial charge in [0.15, 0.2) is 0 Å². The van der Waals surface area contributed by atoms with E-state index >= 15 is 0 Å². The molecule has 0 bridgehead atoms. The van der Waals surface area contributed by atoms with E-state index in [1.807, 2.05) is 0 Å². The van der Waals surface area contributed by atoms with E-state index in [0.717, 1.165) is 31.1 Å². The summed E-state index contributed by atoms with van der Waals surface area (Å²) in [4.78, 5) is 11.1. The highest BCUT2D eigenvalue weighted by Crippen LogP contribution is 2.23. The van der Waals surface area contributed by atoms with E-state index in [1.54, 1.807) is 6.33 Å². The molecule has 1 N–H and O–H groups in total. The number of nitrogens with one attached hydrogen (secondary N) is 1. The SMILES string of the molecule is C[C@@H]1CNCCN1c1cc(C(C)(C)C)ncn1. The molecule has 1 aromatic rings. The molecule has 1 aliphatic rings. The van der Waals surface area contributed by atoms with Crippen molar-refractivity contribution in [3.63, 3.8) is 0 Å². The average Bonchev–Trinajstić information content (AvgIpc) is 2.29. The third kappa shape index (κ3) is 2.75. The van der Waals surface area contributed by atoms with Crippen molar-refractivity contribution in [2.75, 3.05) is 24.5 Å². The molecule has 1 saturated heterocycles. The minimum absolute atomic E-state index is 0.0783. The van der Waals surface area contributed by atoms with Crippen LogP contribution in [0.4, 0.5) is 5.82 Å². The van der Waals surface area contributed by atoms with E-state index in [4.69, 9.17) is 0 Å². The van der Waals surface area contributed by atoms with Gasteiger partial charge in [-0.05, 0) is 6.92 Å². The summed E-state index contributed by atoms with van der Waals surface area (Å²) >= 11 is 0. The van der Waals surface area contributed by atoms with Crippen LogP contribution in [0.15, 0.2) is 12.4 Å². The van der Waals surface area contributed by atoms with Crippen LogP contribution < -0.4 is 10.2 Å². The van der Waals surface area contributed by atoms with Gasteiger partial charge in [0.2, 0.25) is 0 Å². The van der Waals surface area contributed by atoms with E-state index in [-0.39, 0.29) is 5.41 Å². The minimum Gasteiger partial charge on any atom is -0.351 e. The van der Waals surface area contributed by atoms with Crippen molar-refractivity contribution in [3.05, 3.63) is 18.1 Å². The van der Waals surface area contributed by atoms with E-state index < -0.39 is 0 Å². The molecule has 0 unspecified atom stereocenters. The van der Waals surface area contributed by atoms with Crippen molar-refractivity contribution in [1.82, 2.24) is 15.3 Å². The van der Waals surface area contributed by atoms with Crippen LogP contribution in [-0.2, 0) is 5.41 Å². The van der Waals surface area contributed by atoms with E-state index in [9.17, 15) is 0 Å². The molecule has 1 atom stereocenters. The summed E-state index contributed by atoms with van der Waals surface area (Å²) in [5.41, 5.74) is 1.18. The van der Waals surface area contributed by atoms with Crippen molar-refractivity contribution < 1.29 is 0 Å². The highest BCUT2D eigenvalue weighted by Gasteiger charge is 2.22. The number of piperazine rings is 1. The van der Waals surface area contributed by atoms with Crippen LogP contribution in [0.25, 0.3) is 0 Å². The Morgan fingerprint density at radius 2 is 2.12 bits per heavy atom. The monoisotopic (exact) mass is 234 g/mol. The Balaban J connectivity index is 2.26. The predicted octanol–water partition coefficient (Wildman–Crippen LogP) is 1.57. The van der Waals surface area contributed by atoms with Crippen LogP contribution in [0.5, 0.6) is 0 Å². The Morgan fingerprint density at radius 1 is 1.35 bits per heavy atom. The quantitative estimate of drug-likeness (QED) is 0.801. The molecule has 0 amide bonds. The molecule has 0 aromatic carbocycles. The maximum Gasteiger partial charge on any atom is 0.132 e. The van der Waals surface area contributed by atoms with Crippen molar-refractivity contribution in [1.29, 1.82) is 0 Å². The number of anilines is 1. The van der Waals surface area contributed by atoms with Crippen LogP contribution >= 0.6 is 0 Å². The molecule has 2 rings (SSSR count). The molecular weight excluding hydrogens is 212 g/mol. The summed E-state index contributed by atoms with van der Waals surface area (Å²) < 4.78 is 0. The van der Waals surface area contributed by atoms with Crippen LogP contribution in [-0.4, -0.2) is 35.6 Å². The van der Waals surface area contributed by atoms with Gasteiger partial charge in [0, 0.05) is 37.2 Å². The first-order valence-electron chi connectivity index (χ1n) is 6.28. The van der Waals surface area contributed by atoms with E-state index in [1.165, 1.54) is 0 Å². The fourth-order valence-electron chi connectivity index (χ4n) is 2.10. The number of rotatable bonds is 1. The summed E-state index contributed by atoms with van der Waals surface area (Å²) in [6.45, 7) is 11.8. The van der Waals surface area contributed by atoms with Crippen molar-refractivity contribution in [2.24, 2.45) is 0 Å². The van der Waals surface area contributed by atoms with Crippen LogP contribution in [0.1, 0.15) is 33.4 Å². The summed E-state index contributed by atoms with van der Waals surface area (Å²) in [6, 6.07) is 2.62. The normalized spacial score (nSPS) is 21.6. The molecule has 1 aliphatic heterocycles. The molecule has 0 spiro atoms. The molecule has 0 radical (unpaired) electrons. The lowest BCUT2D eigenvalue weighted by Crippen LogP contribution is -2.50. The Labute approximate surface area is 103 Å². The lowest BCUT2D eigenvalue weighted by Gasteiger charge is -2.35. The first-order chi connectivity index (χ1) is 7.98. The zero-order valence-corrected chi connectivity index (χ0v) is 11.2. The van der Waals surface area contributed by atoms with Gasteiger partial charge >= 0.3 is 0 Å². The van der Waals surface area contributed by atoms with Gasteiger partial charge in [0.25, 0.3) is 0 Å². The number of nitrogens with zero attached hydrogens (tertiary/aromatic N) is 3. The highest BCUT2D eigenvalue weighted by molar-refractivity contribution is 5.42. The molecule has 1 aromatic heterocycles. The topological polar surface area (TPSA) is 41.0 Å². The summed E-state index contributed by atoms with van der Waals surface area (Å²) in [6.07, 6.45) is 1.69. The second-order valence-electron chi connectivity index (χ2n) is 5.76. The lowest BCUT2D eigenvalue weighted by molar-refractivity contribution is 0.495. The van der Waals surface area contributed by atoms with Gasteiger partial charge in [0.1, 0.15) is 12.1 Å². The predicted molar refractivity (Wildman–Crippen MR) is 70.4 cm³/mol. The third-order valence-electron chi connectivity index (χ3n) is 3.22. The van der Waals surface area contributed by atoms with Crippen molar-refractivity contribution >= 4 is 5.82 Å². The van der Waals surface area contributed by atoms with Crippen LogP contribution in [0.3, 0.4) is 0 Å². The summed E-state index contributed by atoms with van der Waals surface area (Å²) in [5, 5.41) is 3.39. The average molecular weight is 234 g/mol. The Morgan fingerprint density at radius 3 is 2.76 bits per heavy atom. The smallest absolute Gasteiger partial charge is 0.132 e. The fourth-order valence-corrected chi connectivity index (χ4v) is 2.10. The summed E-state index contributed by atoms with van der Waals surface area (Å²) in [7, 11) is 0. The van der Waals surface area contributed by atoms with Gasteiger partial charge in [-0.15, -0.1) is 0 Å². The molecule has 4 heteroatoms. The molecule has 2 heterocycles. The first kappa shape index (κ1) is 12.3. The van der Waals surface area contributed by atoms with E-state index in [0.29, 0.717) is 6.04 Å². The zero-order valence-electron chi connectivity index (χ0n) is 11.2. The van der Waals surface area contributed by atoms with E-state index in [2.05, 4.69) is 53.9 Å². The zero-order chi connectivity index (χ0) is 12.5. The maximum atomic E-state index is 4.41. The Hall–Kier alpha value is -1.16. The van der Waals surface area contributed by atoms with Gasteiger partial charge in [-0.25, -0.2) is 9.97 Å². The second-order valence-corrected chi connectivity index (χ2v) is 5.76. The standard InChI is InChI=1S/C13H22N4/c1-10-8-14-5-6-17(10)12-7-11(13(2,3)4)15-9-16-12/h7,9-10,14H,5-6,8H2,1-4H3/t10-/m1/s1. The molecule has 17 heavy (non-hydrogen) atoms. The van der Waals surface area contributed by atoms with Crippen LogP contribution in [0, 0.1) is 0 Å². The molecule has 4 nitrogen and oxygen atoms in total. The minimum atomic E-state index is 0.0783. The summed E-state index contributed by atoms with van der Waals surface area (Å²) in [5.74, 6) is 1.05. The van der Waals surface area contributed by atoms with Gasteiger partial charge in [-0.2, -0.15) is 0 Å². The van der Waals surface area contributed by atoms with Crippen molar-refractivity contribution in [2.45, 2.75) is 39.2 Å². The Bertz CT molecular complexity index is 383. The van der Waals surface area contributed by atoms with Gasteiger partial charge in [-0.1, -0.05) is 20.8 Å². The molecular formula is C13H22N4. The molecule has 0 saturated carbocycles. The first-order valence-corrected chi connectivity index (χ1v) is 6.28. The maximum absolute atomic E-state index is 4.41. The lowest BCUT2D eigenvalue weighted by atomic mass is 9.92. The largest absolute Gasteiger partial charge is 0.351 e. The van der Waals surface area contributed by atoms with Crippen molar-refractivity contribution in [3.8, 4) is 0 Å². The van der Waals surface area contributed by atoms with Crippen LogP contribution in [0.2, 0.25) is 0 Å².